The van der Waals surface area contributed by atoms with Crippen LogP contribution in [0.15, 0.2) is 24.4 Å². The third-order valence-corrected chi connectivity index (χ3v) is 8.35. The molecule has 2 aliphatic heterocycles. The molecule has 2 aliphatic rings. The first-order chi connectivity index (χ1) is 15.7. The molecule has 2 saturated heterocycles. The van der Waals surface area contributed by atoms with Crippen LogP contribution in [0.1, 0.15) is 56.1 Å². The van der Waals surface area contributed by atoms with Crippen molar-refractivity contribution in [3.8, 4) is 5.82 Å². The summed E-state index contributed by atoms with van der Waals surface area (Å²) in [6.07, 6.45) is 7.55. The van der Waals surface area contributed by atoms with E-state index in [9.17, 15) is 13.2 Å². The van der Waals surface area contributed by atoms with Gasteiger partial charge >= 0.3 is 0 Å². The van der Waals surface area contributed by atoms with E-state index >= 15 is 0 Å². The van der Waals surface area contributed by atoms with Gasteiger partial charge in [0.2, 0.25) is 5.91 Å². The lowest BCUT2D eigenvalue weighted by Gasteiger charge is -2.29. The molecule has 1 amide bonds. The molecule has 0 aliphatic carbocycles. The van der Waals surface area contributed by atoms with Crippen molar-refractivity contribution in [2.24, 2.45) is 0 Å². The molecule has 9 heteroatoms. The van der Waals surface area contributed by atoms with Gasteiger partial charge in [0.05, 0.1) is 23.8 Å². The molecule has 0 saturated carbocycles. The van der Waals surface area contributed by atoms with Crippen LogP contribution in [0.25, 0.3) is 11.9 Å². The third kappa shape index (κ3) is 5.09. The van der Waals surface area contributed by atoms with Crippen LogP contribution in [0.4, 0.5) is 0 Å². The molecule has 2 aromatic heterocycles. The van der Waals surface area contributed by atoms with Gasteiger partial charge in [-0.3, -0.25) is 4.79 Å². The molecule has 33 heavy (non-hydrogen) atoms. The van der Waals surface area contributed by atoms with E-state index in [2.05, 4.69) is 29.6 Å². The number of ether oxygens (including phenoxy) is 1. The maximum atomic E-state index is 13.2. The lowest BCUT2D eigenvalue weighted by Crippen LogP contribution is -2.44. The number of rotatable bonds is 7. The number of aromatic nitrogens is 3. The van der Waals surface area contributed by atoms with Crippen molar-refractivity contribution >= 4 is 21.8 Å². The Bertz CT molecular complexity index is 1140. The predicted octanol–water partition coefficient (Wildman–Crippen LogP) is 3.08. The molecule has 0 N–H and O–H groups in total. The van der Waals surface area contributed by atoms with Crippen LogP contribution in [-0.2, 0) is 19.4 Å². The fourth-order valence-corrected chi connectivity index (χ4v) is 6.63. The lowest BCUT2D eigenvalue weighted by molar-refractivity contribution is -0.129. The topological polar surface area (TPSA) is 86.4 Å². The summed E-state index contributed by atoms with van der Waals surface area (Å²) in [5.41, 5.74) is 3.03. The summed E-state index contributed by atoms with van der Waals surface area (Å²) in [5.74, 6) is 1.00. The molecular weight excluding hydrogens is 440 g/mol. The Labute approximate surface area is 196 Å². The second-order valence-electron chi connectivity index (χ2n) is 9.41. The molecule has 2 fully saturated rings. The second-order valence-corrected chi connectivity index (χ2v) is 11.6. The van der Waals surface area contributed by atoms with E-state index in [-0.39, 0.29) is 35.6 Å². The molecular formula is C24H34N4O4S. The highest BCUT2D eigenvalue weighted by Crippen LogP contribution is 2.25. The van der Waals surface area contributed by atoms with E-state index in [1.54, 1.807) is 17.2 Å². The first kappa shape index (κ1) is 23.8. The maximum absolute atomic E-state index is 13.2. The van der Waals surface area contributed by atoms with Gasteiger partial charge in [-0.1, -0.05) is 0 Å². The van der Waals surface area contributed by atoms with E-state index in [0.717, 1.165) is 35.6 Å². The van der Waals surface area contributed by atoms with Crippen molar-refractivity contribution in [1.29, 1.82) is 0 Å². The van der Waals surface area contributed by atoms with Crippen LogP contribution < -0.4 is 0 Å². The van der Waals surface area contributed by atoms with Crippen LogP contribution in [0, 0.1) is 13.8 Å². The number of carbonyl (C=O) groups is 1. The van der Waals surface area contributed by atoms with E-state index in [0.29, 0.717) is 19.6 Å². The predicted molar refractivity (Wildman–Crippen MR) is 128 cm³/mol. The van der Waals surface area contributed by atoms with Crippen molar-refractivity contribution in [2.45, 2.75) is 65.1 Å². The van der Waals surface area contributed by atoms with Crippen molar-refractivity contribution in [2.75, 3.05) is 24.7 Å². The summed E-state index contributed by atoms with van der Waals surface area (Å²) in [6, 6.07) is 3.99. The zero-order valence-corrected chi connectivity index (χ0v) is 20.7. The second kappa shape index (κ2) is 9.46. The number of hydrogen-bond acceptors (Lipinski definition) is 5. The fourth-order valence-electron chi connectivity index (χ4n) is 4.90. The molecule has 0 bridgehead atoms. The van der Waals surface area contributed by atoms with Gasteiger partial charge < -0.3 is 14.2 Å². The van der Waals surface area contributed by atoms with Gasteiger partial charge in [0.25, 0.3) is 0 Å². The van der Waals surface area contributed by atoms with E-state index in [1.165, 1.54) is 0 Å². The highest BCUT2D eigenvalue weighted by atomic mass is 32.2. The lowest BCUT2D eigenvalue weighted by atomic mass is 10.1. The Morgan fingerprint density at radius 1 is 1.33 bits per heavy atom. The molecule has 0 spiro atoms. The van der Waals surface area contributed by atoms with Gasteiger partial charge in [-0.15, -0.1) is 0 Å². The van der Waals surface area contributed by atoms with Gasteiger partial charge in [-0.2, -0.15) is 5.10 Å². The van der Waals surface area contributed by atoms with Crippen molar-refractivity contribution in [3.63, 3.8) is 0 Å². The Morgan fingerprint density at radius 3 is 2.76 bits per heavy atom. The number of hydrogen-bond donors (Lipinski definition) is 0. The number of nitrogens with zero attached hydrogens (tertiary/aromatic N) is 4. The average molecular weight is 475 g/mol. The zero-order valence-electron chi connectivity index (χ0n) is 19.9. The van der Waals surface area contributed by atoms with Crippen LogP contribution >= 0.6 is 0 Å². The van der Waals surface area contributed by atoms with Gasteiger partial charge in [0.15, 0.2) is 9.84 Å². The maximum Gasteiger partial charge on any atom is 0.246 e. The summed E-state index contributed by atoms with van der Waals surface area (Å²) in [4.78, 5) is 15.0. The monoisotopic (exact) mass is 474 g/mol. The van der Waals surface area contributed by atoms with Gasteiger partial charge in [0.1, 0.15) is 5.82 Å². The normalized spacial score (nSPS) is 22.6. The van der Waals surface area contributed by atoms with Crippen LogP contribution in [-0.4, -0.2) is 70.4 Å². The quantitative estimate of drug-likeness (QED) is 0.576. The number of aryl methyl sites for hydroxylation is 1. The average Bonchev–Trinajstić information content (AvgIpc) is 3.52. The Morgan fingerprint density at radius 2 is 2.12 bits per heavy atom. The molecule has 2 atom stereocenters. The van der Waals surface area contributed by atoms with Crippen molar-refractivity contribution < 1.29 is 17.9 Å². The standard InChI is InChI=1S/C24H34N4O4S/c1-17(2)28-23(9-11-25-28)27-18(3)14-20(19(27)4)7-8-24(29)26(15-22-6-5-12-32-22)21-10-13-33(30,31)16-21/h7-9,11,14,17,21-22H,5-6,10,12-13,15-16H2,1-4H3/b8-7-/t21-,22+/m1/s1. The third-order valence-electron chi connectivity index (χ3n) is 6.60. The Hall–Kier alpha value is -2.39. The van der Waals surface area contributed by atoms with Crippen molar-refractivity contribution in [1.82, 2.24) is 19.2 Å². The zero-order chi connectivity index (χ0) is 23.8. The minimum Gasteiger partial charge on any atom is -0.376 e. The summed E-state index contributed by atoms with van der Waals surface area (Å²) < 4.78 is 34.0. The van der Waals surface area contributed by atoms with Crippen LogP contribution in [0.2, 0.25) is 0 Å². The molecule has 0 radical (unpaired) electrons. The van der Waals surface area contributed by atoms with Gasteiger partial charge in [-0.25, -0.2) is 13.1 Å². The molecule has 0 aromatic carbocycles. The minimum atomic E-state index is -3.09. The summed E-state index contributed by atoms with van der Waals surface area (Å²) in [7, 11) is -3.09. The largest absolute Gasteiger partial charge is 0.376 e. The molecule has 8 nitrogen and oxygen atoms in total. The number of sulfone groups is 1. The number of amides is 1. The highest BCUT2D eigenvalue weighted by molar-refractivity contribution is 7.91. The molecule has 180 valence electrons. The number of carbonyl (C=O) groups excluding carboxylic acids is 1. The first-order valence-corrected chi connectivity index (χ1v) is 13.5. The van der Waals surface area contributed by atoms with Gasteiger partial charge in [0, 0.05) is 48.8 Å². The molecule has 0 unspecified atom stereocenters. The smallest absolute Gasteiger partial charge is 0.246 e. The van der Waals surface area contributed by atoms with Gasteiger partial charge in [-0.05, 0) is 64.7 Å². The Balaban J connectivity index is 1.57. The van der Waals surface area contributed by atoms with Crippen molar-refractivity contribution in [3.05, 3.63) is 41.4 Å². The summed E-state index contributed by atoms with van der Waals surface area (Å²) in [5, 5.41) is 4.44. The molecule has 2 aromatic rings. The molecule has 4 heterocycles. The van der Waals surface area contributed by atoms with E-state index in [4.69, 9.17) is 4.74 Å². The SMILES string of the molecule is Cc1cc(/C=C\C(=O)N(C[C@@H]2CCCO2)[C@@H]2CCS(=O)(=O)C2)c(C)n1-c1ccnn1C(C)C. The van der Waals surface area contributed by atoms with Crippen LogP contribution in [0.5, 0.6) is 0 Å². The highest BCUT2D eigenvalue weighted by Gasteiger charge is 2.35. The van der Waals surface area contributed by atoms with E-state index in [1.807, 2.05) is 30.7 Å². The summed E-state index contributed by atoms with van der Waals surface area (Å²) >= 11 is 0. The molecule has 4 rings (SSSR count). The van der Waals surface area contributed by atoms with Crippen LogP contribution in [0.3, 0.4) is 0 Å². The van der Waals surface area contributed by atoms with E-state index < -0.39 is 9.84 Å². The Kier molecular flexibility index (Phi) is 6.81. The first-order valence-electron chi connectivity index (χ1n) is 11.7. The minimum absolute atomic E-state index is 0.0213. The fraction of sp³-hybridized carbons (Fsp3) is 0.583. The summed E-state index contributed by atoms with van der Waals surface area (Å²) in [6.45, 7) is 9.39.